The van der Waals surface area contributed by atoms with E-state index >= 15 is 0 Å². The van der Waals surface area contributed by atoms with E-state index in [1.807, 2.05) is 0 Å². The number of carboxylic acid groups (broad SMARTS) is 1. The average molecular weight is 221 g/mol. The summed E-state index contributed by atoms with van der Waals surface area (Å²) < 4.78 is 0. The van der Waals surface area contributed by atoms with Gasteiger partial charge in [-0.1, -0.05) is 0 Å². The number of Topliss-reactive ketones (excluding diaryl/α,β-unsaturated/α-hetero) is 1. The maximum absolute atomic E-state index is 11.3. The highest BCUT2D eigenvalue weighted by molar-refractivity contribution is 5.91. The molecular weight excluding hydrogens is 208 g/mol. The van der Waals surface area contributed by atoms with E-state index in [9.17, 15) is 9.59 Å². The molecule has 3 rings (SSSR count). The smallest absolute Gasteiger partial charge is 0.405 e. The second-order valence-corrected chi connectivity index (χ2v) is 4.15. The molecule has 5 nitrogen and oxygen atoms in total. The number of carbonyl (C=O) groups is 2. The van der Waals surface area contributed by atoms with Crippen molar-refractivity contribution >= 4 is 24.3 Å². The zero-order valence-corrected chi connectivity index (χ0v) is 8.39. The minimum absolute atomic E-state index is 0. The predicted octanol–water partition coefficient (Wildman–Crippen LogP) is 0.126. The van der Waals surface area contributed by atoms with Crippen LogP contribution in [-0.4, -0.2) is 29.1 Å². The van der Waals surface area contributed by atoms with Gasteiger partial charge in [-0.3, -0.25) is 4.79 Å². The number of carbonyl (C=O) groups excluding carboxylic acids is 1. The third-order valence-electron chi connectivity index (χ3n) is 3.18. The van der Waals surface area contributed by atoms with Crippen molar-refractivity contribution in [3.63, 3.8) is 0 Å². The highest BCUT2D eigenvalue weighted by Gasteiger charge is 2.71. The molecule has 4 N–H and O–H groups in total. The predicted molar refractivity (Wildman–Crippen MR) is 51.5 cm³/mol. The van der Waals surface area contributed by atoms with Crippen molar-refractivity contribution < 1.29 is 14.7 Å². The maximum Gasteiger partial charge on any atom is 0.405 e. The molecule has 14 heavy (non-hydrogen) atoms. The van der Waals surface area contributed by atoms with E-state index in [-0.39, 0.29) is 35.7 Å². The fourth-order valence-corrected chi connectivity index (χ4v) is 2.66. The summed E-state index contributed by atoms with van der Waals surface area (Å²) in [5.74, 6) is 0.0709. The van der Waals surface area contributed by atoms with Gasteiger partial charge in [0, 0.05) is 11.0 Å². The molecular formula is C8H13ClN2O3. The van der Waals surface area contributed by atoms with E-state index in [0.29, 0.717) is 19.3 Å². The van der Waals surface area contributed by atoms with E-state index < -0.39 is 6.09 Å². The zero-order valence-electron chi connectivity index (χ0n) is 7.58. The molecule has 0 heterocycles. The quantitative estimate of drug-likeness (QED) is 0.630. The van der Waals surface area contributed by atoms with E-state index in [1.54, 1.807) is 0 Å². The second-order valence-electron chi connectivity index (χ2n) is 4.15. The number of amides is 1. The van der Waals surface area contributed by atoms with Gasteiger partial charge in [-0.15, -0.1) is 12.4 Å². The van der Waals surface area contributed by atoms with Gasteiger partial charge in [0.25, 0.3) is 0 Å². The van der Waals surface area contributed by atoms with Gasteiger partial charge in [-0.25, -0.2) is 4.79 Å². The molecule has 80 valence electrons. The minimum atomic E-state index is -1.01. The van der Waals surface area contributed by atoms with Crippen molar-refractivity contribution in [3.05, 3.63) is 0 Å². The van der Waals surface area contributed by atoms with E-state index in [0.717, 1.165) is 0 Å². The minimum Gasteiger partial charge on any atom is -0.465 e. The Balaban J connectivity index is 0.000000980. The largest absolute Gasteiger partial charge is 0.465 e. The van der Waals surface area contributed by atoms with E-state index in [2.05, 4.69) is 5.32 Å². The van der Waals surface area contributed by atoms with Crippen LogP contribution in [0.4, 0.5) is 4.79 Å². The van der Waals surface area contributed by atoms with Gasteiger partial charge < -0.3 is 16.2 Å². The molecule has 0 aromatic carbocycles. The summed E-state index contributed by atoms with van der Waals surface area (Å²) in [6, 6.07) is 0. The van der Waals surface area contributed by atoms with Crippen molar-refractivity contribution in [2.45, 2.75) is 24.8 Å². The molecule has 0 aromatic rings. The van der Waals surface area contributed by atoms with Gasteiger partial charge in [0.1, 0.15) is 0 Å². The Morgan fingerprint density at radius 3 is 2.21 bits per heavy atom. The fourth-order valence-electron chi connectivity index (χ4n) is 2.66. The first-order valence-corrected chi connectivity index (χ1v) is 4.26. The van der Waals surface area contributed by atoms with Crippen LogP contribution in [0.15, 0.2) is 0 Å². The van der Waals surface area contributed by atoms with E-state index in [1.165, 1.54) is 0 Å². The zero-order chi connectivity index (χ0) is 9.69. The van der Waals surface area contributed by atoms with Crippen LogP contribution in [0.3, 0.4) is 0 Å². The summed E-state index contributed by atoms with van der Waals surface area (Å²) >= 11 is 0. The standard InChI is InChI=1S/C8H12N2O3.ClH/c9-1-5(11)7-2-8(3-7,4-7)10-6(12)13;/h10H,1-4,9H2,(H,12,13);1H. The number of halogens is 1. The van der Waals surface area contributed by atoms with Crippen LogP contribution >= 0.6 is 12.4 Å². The second kappa shape index (κ2) is 3.10. The maximum atomic E-state index is 11.3. The van der Waals surface area contributed by atoms with Gasteiger partial charge in [0.2, 0.25) is 0 Å². The number of nitrogens with two attached hydrogens (primary N) is 1. The van der Waals surface area contributed by atoms with Gasteiger partial charge >= 0.3 is 6.09 Å². The SMILES string of the molecule is Cl.NCC(=O)C12CC(NC(=O)O)(C1)C2. The summed E-state index contributed by atoms with van der Waals surface area (Å²) in [6.07, 6.45) is 0.918. The molecule has 0 aliphatic heterocycles. The van der Waals surface area contributed by atoms with Gasteiger partial charge in [-0.2, -0.15) is 0 Å². The summed E-state index contributed by atoms with van der Waals surface area (Å²) in [5, 5.41) is 10.9. The molecule has 3 aliphatic rings. The van der Waals surface area contributed by atoms with Gasteiger partial charge in [-0.05, 0) is 19.3 Å². The Hall–Kier alpha value is -0.810. The van der Waals surface area contributed by atoms with Crippen molar-refractivity contribution in [2.24, 2.45) is 11.1 Å². The first-order chi connectivity index (χ1) is 6.02. The molecule has 3 fully saturated rings. The summed E-state index contributed by atoms with van der Waals surface area (Å²) in [5.41, 5.74) is 4.69. The highest BCUT2D eigenvalue weighted by atomic mass is 35.5. The van der Waals surface area contributed by atoms with Crippen LogP contribution in [0.1, 0.15) is 19.3 Å². The number of hydrogen-bond acceptors (Lipinski definition) is 3. The number of nitrogens with one attached hydrogen (secondary N) is 1. The average Bonchev–Trinajstić information content (AvgIpc) is 1.92. The molecule has 6 heteroatoms. The molecule has 0 aromatic heterocycles. The molecule has 3 saturated carbocycles. The molecule has 3 aliphatic carbocycles. The summed E-state index contributed by atoms with van der Waals surface area (Å²) in [6.45, 7) is 0.0726. The van der Waals surface area contributed by atoms with Crippen LogP contribution in [0.2, 0.25) is 0 Å². The van der Waals surface area contributed by atoms with Crippen LogP contribution in [-0.2, 0) is 4.79 Å². The molecule has 0 spiro atoms. The van der Waals surface area contributed by atoms with Crippen LogP contribution in [0, 0.1) is 5.41 Å². The number of hydrogen-bond donors (Lipinski definition) is 3. The van der Waals surface area contributed by atoms with E-state index in [4.69, 9.17) is 10.8 Å². The fraction of sp³-hybridized carbons (Fsp3) is 0.750. The lowest BCUT2D eigenvalue weighted by atomic mass is 9.38. The molecule has 2 bridgehead atoms. The van der Waals surface area contributed by atoms with Crippen LogP contribution in [0.25, 0.3) is 0 Å². The first kappa shape index (κ1) is 11.3. The number of rotatable bonds is 3. The van der Waals surface area contributed by atoms with Crippen molar-refractivity contribution in [1.29, 1.82) is 0 Å². The molecule has 0 radical (unpaired) electrons. The van der Waals surface area contributed by atoms with Gasteiger partial charge in [0.05, 0.1) is 6.54 Å². The Morgan fingerprint density at radius 1 is 1.36 bits per heavy atom. The molecule has 1 amide bonds. The lowest BCUT2D eigenvalue weighted by Crippen LogP contribution is -2.77. The Labute approximate surface area is 87.4 Å². The number of ketones is 1. The van der Waals surface area contributed by atoms with Crippen molar-refractivity contribution in [3.8, 4) is 0 Å². The van der Waals surface area contributed by atoms with Gasteiger partial charge in [0.15, 0.2) is 5.78 Å². The van der Waals surface area contributed by atoms with Crippen molar-refractivity contribution in [1.82, 2.24) is 5.32 Å². The van der Waals surface area contributed by atoms with Crippen molar-refractivity contribution in [2.75, 3.05) is 6.54 Å². The summed E-state index contributed by atoms with van der Waals surface area (Å²) in [7, 11) is 0. The monoisotopic (exact) mass is 220 g/mol. The van der Waals surface area contributed by atoms with Crippen LogP contribution in [0.5, 0.6) is 0 Å². The normalized spacial score (nSPS) is 37.2. The lowest BCUT2D eigenvalue weighted by Gasteiger charge is -2.69. The lowest BCUT2D eigenvalue weighted by molar-refractivity contribution is -0.174. The Morgan fingerprint density at radius 2 is 1.86 bits per heavy atom. The first-order valence-electron chi connectivity index (χ1n) is 4.26. The molecule has 0 atom stereocenters. The molecule has 0 unspecified atom stereocenters. The third-order valence-corrected chi connectivity index (χ3v) is 3.18. The Bertz CT molecular complexity index is 273. The topological polar surface area (TPSA) is 92.4 Å². The highest BCUT2D eigenvalue weighted by Crippen LogP contribution is 2.67. The third kappa shape index (κ3) is 1.27. The molecule has 0 saturated heterocycles. The Kier molecular flexibility index (Phi) is 2.49. The summed E-state index contributed by atoms with van der Waals surface area (Å²) in [4.78, 5) is 21.6. The van der Waals surface area contributed by atoms with Crippen LogP contribution < -0.4 is 11.1 Å².